The Bertz CT molecular complexity index is 1360. The zero-order chi connectivity index (χ0) is 27.9. The predicted octanol–water partition coefficient (Wildman–Crippen LogP) is 4.38. The van der Waals surface area contributed by atoms with Crippen LogP contribution in [-0.2, 0) is 14.3 Å². The minimum Gasteiger partial charge on any atom is -0.480 e. The van der Waals surface area contributed by atoms with Crippen LogP contribution in [0.5, 0.6) is 0 Å². The van der Waals surface area contributed by atoms with Crippen molar-refractivity contribution in [3.05, 3.63) is 59.5 Å². The van der Waals surface area contributed by atoms with Crippen LogP contribution in [0.3, 0.4) is 0 Å². The molecule has 3 aromatic rings. The fourth-order valence-corrected chi connectivity index (χ4v) is 6.40. The minimum absolute atomic E-state index is 0.132. The quantitative estimate of drug-likeness (QED) is 0.417. The second-order valence-electron chi connectivity index (χ2n) is 10.4. The topological polar surface area (TPSA) is 133 Å². The number of hydrogen-bond donors (Lipinski definition) is 2. The molecule has 10 nitrogen and oxygen atoms in total. The number of carboxylic acids is 1. The Labute approximate surface area is 229 Å². The number of carbonyl (C=O) groups is 3. The first kappa shape index (κ1) is 27.0. The zero-order valence-corrected chi connectivity index (χ0v) is 22.8. The van der Waals surface area contributed by atoms with Crippen LogP contribution in [0.25, 0.3) is 10.8 Å². The monoisotopic (exact) mass is 553 g/mol. The van der Waals surface area contributed by atoms with Crippen molar-refractivity contribution in [1.82, 2.24) is 9.88 Å². The molecule has 2 aromatic heterocycles. The number of carbonyl (C=O) groups excluding carboxylic acids is 2. The van der Waals surface area contributed by atoms with Crippen molar-refractivity contribution in [3.8, 4) is 10.8 Å². The van der Waals surface area contributed by atoms with Crippen LogP contribution in [0.1, 0.15) is 67.1 Å². The van der Waals surface area contributed by atoms with Gasteiger partial charge in [-0.1, -0.05) is 30.3 Å². The van der Waals surface area contributed by atoms with E-state index in [1.165, 1.54) is 37.6 Å². The molecule has 0 saturated heterocycles. The highest BCUT2D eigenvalue weighted by atomic mass is 32.1. The lowest BCUT2D eigenvalue weighted by Gasteiger charge is -2.47. The van der Waals surface area contributed by atoms with Crippen LogP contribution in [0.2, 0.25) is 0 Å². The highest BCUT2D eigenvalue weighted by Gasteiger charge is 2.50. The largest absolute Gasteiger partial charge is 0.480 e. The summed E-state index contributed by atoms with van der Waals surface area (Å²) in [5, 5.41) is 22.1. The highest BCUT2D eigenvalue weighted by molar-refractivity contribution is 7.20. The van der Waals surface area contributed by atoms with E-state index >= 15 is 0 Å². The lowest BCUT2D eigenvalue weighted by atomic mass is 9.96. The Kier molecular flexibility index (Phi) is 7.32. The van der Waals surface area contributed by atoms with Gasteiger partial charge in [0, 0.05) is 12.8 Å². The Morgan fingerprint density at radius 3 is 2.54 bits per heavy atom. The maximum atomic E-state index is 13.8. The third-order valence-electron chi connectivity index (χ3n) is 7.46. The zero-order valence-electron chi connectivity index (χ0n) is 22.0. The molecule has 1 aliphatic heterocycles. The number of thiophene rings is 1. The number of aliphatic carboxylic acids is 1. The van der Waals surface area contributed by atoms with Gasteiger partial charge < -0.3 is 24.3 Å². The molecule has 2 N–H and O–H groups in total. The number of benzene rings is 1. The van der Waals surface area contributed by atoms with Gasteiger partial charge in [0.1, 0.15) is 28.7 Å². The lowest BCUT2D eigenvalue weighted by Crippen LogP contribution is -2.65. The minimum atomic E-state index is -1.71. The smallest absolute Gasteiger partial charge is 0.329 e. The van der Waals surface area contributed by atoms with Crippen molar-refractivity contribution in [2.24, 2.45) is 0 Å². The number of ether oxygens (including phenoxy) is 1. The van der Waals surface area contributed by atoms with E-state index in [1.54, 1.807) is 11.8 Å². The number of aliphatic hydroxyl groups is 1. The first-order chi connectivity index (χ1) is 18.6. The molecule has 3 heterocycles. The van der Waals surface area contributed by atoms with Gasteiger partial charge in [-0.2, -0.15) is 0 Å². The Hall–Kier alpha value is -3.54. The molecule has 39 heavy (non-hydrogen) atoms. The normalized spacial score (nSPS) is 19.3. The van der Waals surface area contributed by atoms with Crippen LogP contribution in [0, 0.1) is 6.92 Å². The number of rotatable bonds is 8. The van der Waals surface area contributed by atoms with Gasteiger partial charge in [-0.3, -0.25) is 14.5 Å². The van der Waals surface area contributed by atoms with Crippen molar-refractivity contribution < 1.29 is 33.8 Å². The van der Waals surface area contributed by atoms with Crippen LogP contribution in [0.4, 0.5) is 5.00 Å². The molecule has 1 aromatic carbocycles. The molecule has 2 atom stereocenters. The average molecular weight is 554 g/mol. The van der Waals surface area contributed by atoms with Crippen molar-refractivity contribution in [2.75, 3.05) is 11.4 Å². The van der Waals surface area contributed by atoms with Crippen LogP contribution >= 0.6 is 11.3 Å². The third kappa shape index (κ3) is 4.97. The van der Waals surface area contributed by atoms with Crippen LogP contribution in [0.15, 0.2) is 47.2 Å². The van der Waals surface area contributed by atoms with E-state index in [0.717, 1.165) is 10.5 Å². The number of aromatic nitrogens is 1. The summed E-state index contributed by atoms with van der Waals surface area (Å²) in [4.78, 5) is 45.3. The number of Topliss-reactive ketones (excluding diaryl/α,β-unsaturated/α-hetero) is 1. The van der Waals surface area contributed by atoms with E-state index in [1.807, 2.05) is 30.3 Å². The van der Waals surface area contributed by atoms with Crippen molar-refractivity contribution in [3.63, 3.8) is 0 Å². The summed E-state index contributed by atoms with van der Waals surface area (Å²) < 4.78 is 12.1. The number of oxazole rings is 1. The fourth-order valence-electron chi connectivity index (χ4n) is 5.14. The molecule has 2 aliphatic rings. The second-order valence-corrected chi connectivity index (χ2v) is 11.4. The molecule has 11 heteroatoms. The molecule has 0 bridgehead atoms. The standard InChI is InChI=1S/C28H31N3O7S/c1-16-21-24(33)31(28(2,3)26(34)35)27(36)30(25(21)39-22(16)23-29-13-14-37-23)15-20(17-7-5-4-6-8-17)38-19-11-9-18(32)10-12-19/h4-8,13-14,19-20,27,36H,9-12,15H2,1-3H3,(H,34,35)/t20-,27?/m0/s1. The number of fused-ring (bicyclic) bond motifs is 1. The van der Waals surface area contributed by atoms with E-state index in [2.05, 4.69) is 4.98 Å². The number of hydrogen-bond acceptors (Lipinski definition) is 9. The van der Waals surface area contributed by atoms with Gasteiger partial charge >= 0.3 is 5.97 Å². The molecule has 0 radical (unpaired) electrons. The molecule has 1 aliphatic carbocycles. The van der Waals surface area contributed by atoms with E-state index in [-0.39, 0.29) is 18.4 Å². The third-order valence-corrected chi connectivity index (χ3v) is 8.78. The summed E-state index contributed by atoms with van der Waals surface area (Å²) in [5.41, 5.74) is 0.0400. The van der Waals surface area contributed by atoms with E-state index in [9.17, 15) is 24.6 Å². The van der Waals surface area contributed by atoms with Crippen LogP contribution < -0.4 is 4.90 Å². The van der Waals surface area contributed by atoms with Crippen LogP contribution in [-0.4, -0.2) is 62.3 Å². The van der Waals surface area contributed by atoms with Crippen molar-refractivity contribution in [2.45, 2.75) is 70.6 Å². The number of anilines is 1. The molecule has 206 valence electrons. The molecule has 1 fully saturated rings. The molecular formula is C28H31N3O7S. The number of amides is 1. The first-order valence-electron chi connectivity index (χ1n) is 12.9. The van der Waals surface area contributed by atoms with E-state index in [4.69, 9.17) is 9.15 Å². The summed E-state index contributed by atoms with van der Waals surface area (Å²) in [6, 6.07) is 9.55. The van der Waals surface area contributed by atoms with E-state index in [0.29, 0.717) is 52.6 Å². The van der Waals surface area contributed by atoms with Gasteiger partial charge in [0.15, 0.2) is 0 Å². The summed E-state index contributed by atoms with van der Waals surface area (Å²) >= 11 is 1.25. The lowest BCUT2D eigenvalue weighted by molar-refractivity contribution is -0.154. The maximum absolute atomic E-state index is 13.8. The number of aliphatic hydroxyl groups excluding tert-OH is 1. The number of nitrogens with zero attached hydrogens (tertiary/aromatic N) is 3. The summed E-state index contributed by atoms with van der Waals surface area (Å²) in [7, 11) is 0. The summed E-state index contributed by atoms with van der Waals surface area (Å²) in [6.07, 6.45) is 2.85. The average Bonchev–Trinajstić information content (AvgIpc) is 3.55. The molecule has 1 unspecified atom stereocenters. The van der Waals surface area contributed by atoms with E-state index < -0.39 is 29.9 Å². The number of ketones is 1. The van der Waals surface area contributed by atoms with Crippen molar-refractivity contribution >= 4 is 34.0 Å². The maximum Gasteiger partial charge on any atom is 0.329 e. The van der Waals surface area contributed by atoms with Gasteiger partial charge in [0.2, 0.25) is 12.2 Å². The summed E-state index contributed by atoms with van der Waals surface area (Å²) in [6.45, 7) is 4.67. The molecular weight excluding hydrogens is 522 g/mol. The van der Waals surface area contributed by atoms with Gasteiger partial charge in [0.05, 0.1) is 29.3 Å². The molecule has 1 amide bonds. The van der Waals surface area contributed by atoms with Gasteiger partial charge in [0.25, 0.3) is 5.91 Å². The van der Waals surface area contributed by atoms with Crippen molar-refractivity contribution in [1.29, 1.82) is 0 Å². The fraction of sp³-hybridized carbons (Fsp3) is 0.429. The SMILES string of the molecule is Cc1c(-c2ncco2)sc2c1C(=O)N(C(C)(C)C(=O)O)C(O)N2C[C@H](OC1CCC(=O)CC1)c1ccccc1. The first-order valence-corrected chi connectivity index (χ1v) is 13.7. The Morgan fingerprint density at radius 1 is 1.23 bits per heavy atom. The Morgan fingerprint density at radius 2 is 1.92 bits per heavy atom. The highest BCUT2D eigenvalue weighted by Crippen LogP contribution is 2.47. The molecule has 5 rings (SSSR count). The molecule has 0 spiro atoms. The molecule has 1 saturated carbocycles. The number of carboxylic acid groups (broad SMARTS) is 1. The summed E-state index contributed by atoms with van der Waals surface area (Å²) in [5.74, 6) is -1.28. The predicted molar refractivity (Wildman–Crippen MR) is 143 cm³/mol. The second kappa shape index (κ2) is 10.6. The Balaban J connectivity index is 1.59. The van der Waals surface area contributed by atoms with Gasteiger partial charge in [-0.15, -0.1) is 11.3 Å². The van der Waals surface area contributed by atoms with Gasteiger partial charge in [-0.25, -0.2) is 9.78 Å². The van der Waals surface area contributed by atoms with Gasteiger partial charge in [-0.05, 0) is 44.7 Å².